The van der Waals surface area contributed by atoms with E-state index in [0.717, 1.165) is 26.1 Å². The van der Waals surface area contributed by atoms with E-state index < -0.39 is 0 Å². The third-order valence-electron chi connectivity index (χ3n) is 3.98. The molecule has 1 heterocycles. The fourth-order valence-corrected chi connectivity index (χ4v) is 2.79. The molecule has 0 aromatic heterocycles. The summed E-state index contributed by atoms with van der Waals surface area (Å²) >= 11 is 0. The predicted octanol–water partition coefficient (Wildman–Crippen LogP) is 1.93. The van der Waals surface area contributed by atoms with E-state index in [1.54, 1.807) is 7.11 Å². The van der Waals surface area contributed by atoms with Crippen LogP contribution in [0.25, 0.3) is 0 Å². The van der Waals surface area contributed by atoms with Gasteiger partial charge in [-0.05, 0) is 25.5 Å². The number of carbonyl (C=O) groups is 1. The van der Waals surface area contributed by atoms with E-state index in [4.69, 9.17) is 4.74 Å². The Hall–Kier alpha value is -1.55. The van der Waals surface area contributed by atoms with Gasteiger partial charge in [-0.25, -0.2) is 0 Å². The summed E-state index contributed by atoms with van der Waals surface area (Å²) in [5, 5.41) is 0. The number of likely N-dealkylation sites (N-methyl/N-ethyl adjacent to an activating group) is 1. The van der Waals surface area contributed by atoms with Crippen LogP contribution in [0.4, 0.5) is 5.69 Å². The number of rotatable bonds is 5. The Labute approximate surface area is 121 Å². The van der Waals surface area contributed by atoms with Crippen LogP contribution in [0.2, 0.25) is 0 Å². The molecule has 4 nitrogen and oxygen atoms in total. The monoisotopic (exact) mass is 276 g/mol. The van der Waals surface area contributed by atoms with Crippen molar-refractivity contribution >= 4 is 11.6 Å². The van der Waals surface area contributed by atoms with Crippen LogP contribution < -0.4 is 4.90 Å². The maximum Gasteiger partial charge on any atom is 0.242 e. The molecule has 1 aliphatic heterocycles. The topological polar surface area (TPSA) is 32.8 Å². The first-order chi connectivity index (χ1) is 9.69. The number of para-hydroxylation sites is 1. The van der Waals surface area contributed by atoms with Gasteiger partial charge < -0.3 is 14.5 Å². The van der Waals surface area contributed by atoms with Crippen molar-refractivity contribution in [3.8, 4) is 0 Å². The van der Waals surface area contributed by atoms with Gasteiger partial charge in [0.25, 0.3) is 0 Å². The van der Waals surface area contributed by atoms with Crippen molar-refractivity contribution < 1.29 is 9.53 Å². The number of methoxy groups -OCH3 is 1. The summed E-state index contributed by atoms with van der Waals surface area (Å²) in [6.07, 6.45) is 1.08. The third kappa shape index (κ3) is 3.12. The molecule has 2 rings (SSSR count). The summed E-state index contributed by atoms with van der Waals surface area (Å²) in [5.74, 6) is 0.182. The standard InChI is InChI=1S/C16H24N2O2/c1-4-17(5-2)16(19)12-18-11-14(20-3)10-13-8-6-7-9-15(13)18/h6-9,14H,4-5,10-12H2,1-3H3. The number of nitrogens with zero attached hydrogens (tertiary/aromatic N) is 2. The van der Waals surface area contributed by atoms with Gasteiger partial charge in [0, 0.05) is 38.9 Å². The highest BCUT2D eigenvalue weighted by atomic mass is 16.5. The molecule has 1 aliphatic rings. The molecule has 1 aromatic carbocycles. The summed E-state index contributed by atoms with van der Waals surface area (Å²) in [7, 11) is 1.74. The van der Waals surface area contributed by atoms with Gasteiger partial charge >= 0.3 is 0 Å². The molecule has 0 aliphatic carbocycles. The molecule has 0 radical (unpaired) electrons. The Bertz CT molecular complexity index is 458. The lowest BCUT2D eigenvalue weighted by molar-refractivity contribution is -0.129. The zero-order valence-corrected chi connectivity index (χ0v) is 12.6. The minimum absolute atomic E-state index is 0.161. The smallest absolute Gasteiger partial charge is 0.242 e. The zero-order valence-electron chi connectivity index (χ0n) is 12.6. The van der Waals surface area contributed by atoms with Gasteiger partial charge in [0.05, 0.1) is 12.6 Å². The van der Waals surface area contributed by atoms with Crippen molar-refractivity contribution in [2.75, 3.05) is 38.2 Å². The van der Waals surface area contributed by atoms with Crippen LogP contribution in [-0.4, -0.2) is 50.2 Å². The highest BCUT2D eigenvalue weighted by molar-refractivity contribution is 5.82. The quantitative estimate of drug-likeness (QED) is 0.824. The molecule has 0 bridgehead atoms. The van der Waals surface area contributed by atoms with Gasteiger partial charge in [-0.1, -0.05) is 18.2 Å². The fourth-order valence-electron chi connectivity index (χ4n) is 2.79. The lowest BCUT2D eigenvalue weighted by atomic mass is 9.99. The van der Waals surface area contributed by atoms with Gasteiger partial charge in [0.2, 0.25) is 5.91 Å². The number of carbonyl (C=O) groups excluding carboxylic acids is 1. The number of ether oxygens (including phenoxy) is 1. The molecule has 0 saturated carbocycles. The van der Waals surface area contributed by atoms with Crippen molar-refractivity contribution in [2.24, 2.45) is 0 Å². The summed E-state index contributed by atoms with van der Waals surface area (Å²) in [6.45, 7) is 6.77. The van der Waals surface area contributed by atoms with Crippen LogP contribution in [0.15, 0.2) is 24.3 Å². The molecule has 0 N–H and O–H groups in total. The van der Waals surface area contributed by atoms with Crippen LogP contribution in [0, 0.1) is 0 Å². The molecule has 0 fully saturated rings. The molecule has 4 heteroatoms. The Kier molecular flexibility index (Phi) is 5.01. The highest BCUT2D eigenvalue weighted by Crippen LogP contribution is 2.27. The van der Waals surface area contributed by atoms with Gasteiger partial charge in [-0.2, -0.15) is 0 Å². The van der Waals surface area contributed by atoms with Crippen molar-refractivity contribution in [1.82, 2.24) is 4.90 Å². The van der Waals surface area contributed by atoms with Crippen LogP contribution in [0.1, 0.15) is 19.4 Å². The van der Waals surface area contributed by atoms with Crippen LogP contribution in [0.3, 0.4) is 0 Å². The van der Waals surface area contributed by atoms with Crippen molar-refractivity contribution in [1.29, 1.82) is 0 Å². The molecular formula is C16H24N2O2. The minimum Gasteiger partial charge on any atom is -0.379 e. The lowest BCUT2D eigenvalue weighted by Crippen LogP contribution is -2.46. The van der Waals surface area contributed by atoms with E-state index in [2.05, 4.69) is 17.0 Å². The lowest BCUT2D eigenvalue weighted by Gasteiger charge is -2.36. The highest BCUT2D eigenvalue weighted by Gasteiger charge is 2.26. The first kappa shape index (κ1) is 14.9. The molecule has 20 heavy (non-hydrogen) atoms. The number of benzene rings is 1. The summed E-state index contributed by atoms with van der Waals surface area (Å²) in [5.41, 5.74) is 2.43. The van der Waals surface area contributed by atoms with E-state index in [1.807, 2.05) is 30.9 Å². The zero-order chi connectivity index (χ0) is 14.5. The second-order valence-corrected chi connectivity index (χ2v) is 5.14. The first-order valence-corrected chi connectivity index (χ1v) is 7.33. The third-order valence-corrected chi connectivity index (χ3v) is 3.98. The van der Waals surface area contributed by atoms with Crippen LogP contribution in [-0.2, 0) is 16.0 Å². The minimum atomic E-state index is 0.161. The average molecular weight is 276 g/mol. The maximum absolute atomic E-state index is 12.3. The fraction of sp³-hybridized carbons (Fsp3) is 0.562. The first-order valence-electron chi connectivity index (χ1n) is 7.33. The summed E-state index contributed by atoms with van der Waals surface area (Å²) in [4.78, 5) is 16.3. The Morgan fingerprint density at radius 2 is 2.05 bits per heavy atom. The second kappa shape index (κ2) is 6.75. The average Bonchev–Trinajstić information content (AvgIpc) is 2.48. The number of hydrogen-bond acceptors (Lipinski definition) is 3. The van der Waals surface area contributed by atoms with Crippen LogP contribution in [0.5, 0.6) is 0 Å². The van der Waals surface area contributed by atoms with Crippen LogP contribution >= 0.6 is 0 Å². The normalized spacial score (nSPS) is 17.8. The number of amides is 1. The second-order valence-electron chi connectivity index (χ2n) is 5.14. The van der Waals surface area contributed by atoms with Crippen molar-refractivity contribution in [3.63, 3.8) is 0 Å². The van der Waals surface area contributed by atoms with Crippen molar-refractivity contribution in [3.05, 3.63) is 29.8 Å². The van der Waals surface area contributed by atoms with E-state index >= 15 is 0 Å². The molecule has 1 unspecified atom stereocenters. The van der Waals surface area contributed by atoms with Crippen molar-refractivity contribution in [2.45, 2.75) is 26.4 Å². The molecule has 0 saturated heterocycles. The van der Waals surface area contributed by atoms with Gasteiger partial charge in [0.15, 0.2) is 0 Å². The Balaban J connectivity index is 2.16. The number of hydrogen-bond donors (Lipinski definition) is 0. The Morgan fingerprint density at radius 1 is 1.35 bits per heavy atom. The van der Waals surface area contributed by atoms with Gasteiger partial charge in [0.1, 0.15) is 0 Å². The van der Waals surface area contributed by atoms with E-state index in [1.165, 1.54) is 11.3 Å². The van der Waals surface area contributed by atoms with Gasteiger partial charge in [-0.3, -0.25) is 4.79 Å². The Morgan fingerprint density at radius 3 is 2.70 bits per heavy atom. The van der Waals surface area contributed by atoms with E-state index in [9.17, 15) is 4.79 Å². The predicted molar refractivity (Wildman–Crippen MR) is 81.1 cm³/mol. The van der Waals surface area contributed by atoms with E-state index in [0.29, 0.717) is 6.54 Å². The van der Waals surface area contributed by atoms with E-state index in [-0.39, 0.29) is 12.0 Å². The molecule has 0 spiro atoms. The SMILES string of the molecule is CCN(CC)C(=O)CN1CC(OC)Cc2ccccc21. The number of fused-ring (bicyclic) bond motifs is 1. The maximum atomic E-state index is 12.3. The molecule has 1 atom stereocenters. The van der Waals surface area contributed by atoms with Gasteiger partial charge in [-0.15, -0.1) is 0 Å². The summed E-state index contributed by atoms with van der Waals surface area (Å²) in [6, 6.07) is 8.29. The molecular weight excluding hydrogens is 252 g/mol. The molecule has 1 aromatic rings. The molecule has 1 amide bonds. The number of anilines is 1. The molecule has 110 valence electrons. The largest absolute Gasteiger partial charge is 0.379 e. The summed E-state index contributed by atoms with van der Waals surface area (Å²) < 4.78 is 5.51.